The number of halogens is 1. The number of Topliss-reactive ketones (excluding diaryl/α,β-unsaturated/α-hetero) is 1. The predicted octanol–water partition coefficient (Wildman–Crippen LogP) is 2.90. The maximum Gasteiger partial charge on any atom is 0.332 e. The standard InChI is InChI=1S/C21H16ClN3O4S/c1-4-11-15-16(17-19(23-11)24(2)21(29)25(3)20(17)28)12(26)9-14(18(15)27)30-13-8-6-5-7-10(13)22/h5-9H,4H2,1-3H3. The molecule has 7 nitrogen and oxygen atoms in total. The van der Waals surface area contributed by atoms with E-state index in [1.165, 1.54) is 24.7 Å². The number of aryl methyl sites for hydroxylation is 2. The fraction of sp³-hybridized carbons (Fsp3) is 0.190. The van der Waals surface area contributed by atoms with Crippen molar-refractivity contribution in [2.45, 2.75) is 18.2 Å². The lowest BCUT2D eigenvalue weighted by atomic mass is 9.90. The number of ketones is 2. The second kappa shape index (κ2) is 7.37. The van der Waals surface area contributed by atoms with Crippen LogP contribution in [-0.2, 0) is 20.5 Å². The molecular weight excluding hydrogens is 426 g/mol. The van der Waals surface area contributed by atoms with Gasteiger partial charge in [-0.25, -0.2) is 9.78 Å². The van der Waals surface area contributed by atoms with E-state index in [2.05, 4.69) is 4.98 Å². The quantitative estimate of drug-likeness (QED) is 0.620. The van der Waals surface area contributed by atoms with Gasteiger partial charge in [-0.15, -0.1) is 0 Å². The van der Waals surface area contributed by atoms with Gasteiger partial charge in [0.1, 0.15) is 5.65 Å². The van der Waals surface area contributed by atoms with E-state index < -0.39 is 22.8 Å². The van der Waals surface area contributed by atoms with Crippen molar-refractivity contribution < 1.29 is 9.59 Å². The summed E-state index contributed by atoms with van der Waals surface area (Å²) in [5, 5.41) is 0.439. The van der Waals surface area contributed by atoms with Gasteiger partial charge in [-0.3, -0.25) is 23.5 Å². The van der Waals surface area contributed by atoms with Crippen molar-refractivity contribution >= 4 is 46.0 Å². The van der Waals surface area contributed by atoms with Crippen molar-refractivity contribution in [3.63, 3.8) is 0 Å². The Hall–Kier alpha value is -2.97. The zero-order valence-electron chi connectivity index (χ0n) is 16.4. The molecular formula is C21H16ClN3O4S. The van der Waals surface area contributed by atoms with Gasteiger partial charge >= 0.3 is 5.69 Å². The maximum absolute atomic E-state index is 13.3. The van der Waals surface area contributed by atoms with Crippen LogP contribution >= 0.6 is 23.4 Å². The van der Waals surface area contributed by atoms with Crippen molar-refractivity contribution in [1.82, 2.24) is 14.1 Å². The van der Waals surface area contributed by atoms with Gasteiger partial charge < -0.3 is 0 Å². The zero-order chi connectivity index (χ0) is 21.7. The lowest BCUT2D eigenvalue weighted by Gasteiger charge is -2.20. The number of hydrogen-bond acceptors (Lipinski definition) is 6. The molecule has 2 heterocycles. The zero-order valence-corrected chi connectivity index (χ0v) is 17.9. The molecule has 0 N–H and O–H groups in total. The third kappa shape index (κ3) is 2.95. The molecule has 0 amide bonds. The van der Waals surface area contributed by atoms with Crippen molar-refractivity contribution in [2.24, 2.45) is 14.1 Å². The maximum atomic E-state index is 13.3. The number of pyridine rings is 1. The number of carbonyl (C=O) groups is 2. The lowest BCUT2D eigenvalue weighted by Crippen LogP contribution is -2.39. The molecule has 2 aromatic heterocycles. The number of benzene rings is 1. The van der Waals surface area contributed by atoms with Crippen LogP contribution in [0.25, 0.3) is 11.0 Å². The molecule has 0 unspecified atom stereocenters. The smallest absolute Gasteiger partial charge is 0.289 e. The molecule has 0 spiro atoms. The molecule has 3 aromatic rings. The molecule has 0 saturated carbocycles. The molecule has 0 fully saturated rings. The number of allylic oxidation sites excluding steroid dienone is 2. The van der Waals surface area contributed by atoms with E-state index in [9.17, 15) is 19.2 Å². The number of carbonyl (C=O) groups excluding carboxylic acids is 2. The SMILES string of the molecule is CCc1nc2c(c3c1C(=O)C(Sc1ccccc1Cl)=CC3=O)c(=O)n(C)c(=O)n2C. The average molecular weight is 442 g/mol. The minimum absolute atomic E-state index is 0.00144. The third-order valence-electron chi connectivity index (χ3n) is 5.01. The van der Waals surface area contributed by atoms with Crippen LogP contribution in [0.15, 0.2) is 49.7 Å². The molecule has 1 aromatic carbocycles. The van der Waals surface area contributed by atoms with E-state index in [0.717, 1.165) is 16.3 Å². The summed E-state index contributed by atoms with van der Waals surface area (Å²) >= 11 is 7.30. The lowest BCUT2D eigenvalue weighted by molar-refractivity contribution is 0.0991. The average Bonchev–Trinajstić information content (AvgIpc) is 2.74. The molecule has 0 radical (unpaired) electrons. The van der Waals surface area contributed by atoms with Gasteiger partial charge in [-0.2, -0.15) is 0 Å². The molecule has 152 valence electrons. The number of hydrogen-bond donors (Lipinski definition) is 0. The summed E-state index contributed by atoms with van der Waals surface area (Å²) in [5.41, 5.74) is -0.636. The summed E-state index contributed by atoms with van der Waals surface area (Å²) in [6, 6.07) is 7.01. The predicted molar refractivity (Wildman–Crippen MR) is 116 cm³/mol. The second-order valence-electron chi connectivity index (χ2n) is 6.80. The summed E-state index contributed by atoms with van der Waals surface area (Å²) in [7, 11) is 2.81. The fourth-order valence-electron chi connectivity index (χ4n) is 3.48. The monoisotopic (exact) mass is 441 g/mol. The summed E-state index contributed by atoms with van der Waals surface area (Å²) in [5.74, 6) is -0.867. The highest BCUT2D eigenvalue weighted by Crippen LogP contribution is 2.38. The largest absolute Gasteiger partial charge is 0.332 e. The van der Waals surface area contributed by atoms with E-state index in [-0.39, 0.29) is 27.1 Å². The van der Waals surface area contributed by atoms with E-state index in [1.807, 2.05) is 0 Å². The third-order valence-corrected chi connectivity index (χ3v) is 6.55. The Kier molecular flexibility index (Phi) is 4.99. The Bertz CT molecular complexity index is 1420. The van der Waals surface area contributed by atoms with Gasteiger partial charge in [0.2, 0.25) is 5.78 Å². The highest BCUT2D eigenvalue weighted by atomic mass is 35.5. The van der Waals surface area contributed by atoms with E-state index in [0.29, 0.717) is 22.0 Å². The first-order valence-electron chi connectivity index (χ1n) is 9.12. The normalized spacial score (nSPS) is 13.5. The van der Waals surface area contributed by atoms with Crippen LogP contribution in [0.4, 0.5) is 0 Å². The summed E-state index contributed by atoms with van der Waals surface area (Å²) in [6.07, 6.45) is 1.58. The number of rotatable bonds is 3. The molecule has 0 atom stereocenters. The Morgan fingerprint density at radius 1 is 1.03 bits per heavy atom. The number of aromatic nitrogens is 3. The Morgan fingerprint density at radius 3 is 2.40 bits per heavy atom. The van der Waals surface area contributed by atoms with Gasteiger partial charge in [0.15, 0.2) is 5.78 Å². The highest BCUT2D eigenvalue weighted by molar-refractivity contribution is 8.04. The van der Waals surface area contributed by atoms with E-state index in [1.54, 1.807) is 31.2 Å². The molecule has 0 aliphatic heterocycles. The first-order chi connectivity index (χ1) is 14.3. The van der Waals surface area contributed by atoms with Crippen molar-refractivity contribution in [2.75, 3.05) is 0 Å². The Morgan fingerprint density at radius 2 is 1.73 bits per heavy atom. The van der Waals surface area contributed by atoms with Crippen LogP contribution in [0, 0.1) is 0 Å². The van der Waals surface area contributed by atoms with Gasteiger partial charge in [0, 0.05) is 25.1 Å². The van der Waals surface area contributed by atoms with Crippen LogP contribution in [-0.4, -0.2) is 25.7 Å². The van der Waals surface area contributed by atoms with Crippen LogP contribution in [0.3, 0.4) is 0 Å². The second-order valence-corrected chi connectivity index (χ2v) is 8.29. The molecule has 1 aliphatic carbocycles. The van der Waals surface area contributed by atoms with Crippen molar-refractivity contribution in [3.05, 3.63) is 77.9 Å². The minimum Gasteiger partial charge on any atom is -0.289 e. The van der Waals surface area contributed by atoms with Crippen molar-refractivity contribution in [1.29, 1.82) is 0 Å². The van der Waals surface area contributed by atoms with Gasteiger partial charge in [0.25, 0.3) is 5.56 Å². The number of fused-ring (bicyclic) bond motifs is 3. The molecule has 1 aliphatic rings. The number of nitrogens with zero attached hydrogens (tertiary/aromatic N) is 3. The first kappa shape index (κ1) is 20.3. The van der Waals surface area contributed by atoms with Crippen molar-refractivity contribution in [3.8, 4) is 0 Å². The van der Waals surface area contributed by atoms with Gasteiger partial charge in [-0.1, -0.05) is 42.4 Å². The van der Waals surface area contributed by atoms with Crippen LogP contribution < -0.4 is 11.2 Å². The minimum atomic E-state index is -0.656. The fourth-order valence-corrected chi connectivity index (χ4v) is 4.65. The molecule has 0 saturated heterocycles. The topological polar surface area (TPSA) is 91.0 Å². The van der Waals surface area contributed by atoms with Gasteiger partial charge in [0.05, 0.1) is 32.1 Å². The molecule has 30 heavy (non-hydrogen) atoms. The summed E-state index contributed by atoms with van der Waals surface area (Å²) in [4.78, 5) is 56.9. The summed E-state index contributed by atoms with van der Waals surface area (Å²) in [6.45, 7) is 1.80. The Labute approximate surface area is 180 Å². The number of thioether (sulfide) groups is 1. The van der Waals surface area contributed by atoms with E-state index >= 15 is 0 Å². The van der Waals surface area contributed by atoms with Crippen LogP contribution in [0.5, 0.6) is 0 Å². The first-order valence-corrected chi connectivity index (χ1v) is 10.3. The highest BCUT2D eigenvalue weighted by Gasteiger charge is 2.33. The van der Waals surface area contributed by atoms with Crippen LogP contribution in [0.1, 0.15) is 33.3 Å². The van der Waals surface area contributed by atoms with E-state index in [4.69, 9.17) is 11.6 Å². The molecule has 4 rings (SSSR count). The Balaban J connectivity index is 2.02. The summed E-state index contributed by atoms with van der Waals surface area (Å²) < 4.78 is 2.12. The molecule has 0 bridgehead atoms. The molecule has 9 heteroatoms. The van der Waals surface area contributed by atoms with Gasteiger partial charge in [-0.05, 0) is 18.6 Å². The van der Waals surface area contributed by atoms with Crippen LogP contribution in [0.2, 0.25) is 5.02 Å².